The Kier molecular flexibility index (Phi) is 4.21. The molecule has 0 amide bonds. The molecule has 0 radical (unpaired) electrons. The standard InChI is InChI=1S/C20H18O4/c1-12-15-9-10-18(23-3)13(2)19(15)24-20(22)16(12)11-17(21)14-7-5-4-6-8-14/h4-10H,11H2,1-3H3. The van der Waals surface area contributed by atoms with Crippen molar-refractivity contribution in [3.63, 3.8) is 0 Å². The molecule has 1 aromatic heterocycles. The number of rotatable bonds is 4. The number of hydrogen-bond acceptors (Lipinski definition) is 4. The zero-order valence-electron chi connectivity index (χ0n) is 13.9. The highest BCUT2D eigenvalue weighted by Gasteiger charge is 2.18. The Balaban J connectivity index is 2.10. The third-order valence-electron chi connectivity index (χ3n) is 4.31. The molecule has 0 atom stereocenters. The first-order chi connectivity index (χ1) is 11.5. The summed E-state index contributed by atoms with van der Waals surface area (Å²) in [5.74, 6) is 0.564. The van der Waals surface area contributed by atoms with Gasteiger partial charge in [0.1, 0.15) is 11.3 Å². The summed E-state index contributed by atoms with van der Waals surface area (Å²) in [6.07, 6.45) is 0.0270. The summed E-state index contributed by atoms with van der Waals surface area (Å²) in [5, 5.41) is 0.823. The van der Waals surface area contributed by atoms with Gasteiger partial charge >= 0.3 is 5.63 Å². The minimum atomic E-state index is -0.472. The number of benzene rings is 2. The number of ether oxygens (including phenoxy) is 1. The number of methoxy groups -OCH3 is 1. The molecule has 0 unspecified atom stereocenters. The third kappa shape index (κ3) is 2.71. The van der Waals surface area contributed by atoms with E-state index in [-0.39, 0.29) is 12.2 Å². The molecule has 3 aromatic rings. The highest BCUT2D eigenvalue weighted by molar-refractivity contribution is 5.98. The fraction of sp³-hybridized carbons (Fsp3) is 0.200. The van der Waals surface area contributed by atoms with Crippen LogP contribution in [-0.4, -0.2) is 12.9 Å². The van der Waals surface area contributed by atoms with E-state index in [1.807, 2.05) is 32.0 Å². The van der Waals surface area contributed by atoms with Crippen LogP contribution in [0.3, 0.4) is 0 Å². The summed E-state index contributed by atoms with van der Waals surface area (Å²) in [6, 6.07) is 12.6. The van der Waals surface area contributed by atoms with E-state index < -0.39 is 5.63 Å². The third-order valence-corrected chi connectivity index (χ3v) is 4.31. The van der Waals surface area contributed by atoms with Crippen LogP contribution < -0.4 is 10.4 Å². The summed E-state index contributed by atoms with van der Waals surface area (Å²) < 4.78 is 10.8. The average molecular weight is 322 g/mol. The van der Waals surface area contributed by atoms with E-state index >= 15 is 0 Å². The van der Waals surface area contributed by atoms with E-state index in [0.29, 0.717) is 22.5 Å². The summed E-state index contributed by atoms with van der Waals surface area (Å²) in [6.45, 7) is 3.69. The summed E-state index contributed by atoms with van der Waals surface area (Å²) in [5.41, 5.74) is 2.57. The predicted molar refractivity (Wildman–Crippen MR) is 93.0 cm³/mol. The number of fused-ring (bicyclic) bond motifs is 1. The van der Waals surface area contributed by atoms with Crippen molar-refractivity contribution < 1.29 is 13.9 Å². The number of carbonyl (C=O) groups excluding carboxylic acids is 1. The monoisotopic (exact) mass is 322 g/mol. The van der Waals surface area contributed by atoms with Crippen LogP contribution in [0.4, 0.5) is 0 Å². The SMILES string of the molecule is COc1ccc2c(C)c(CC(=O)c3ccccc3)c(=O)oc2c1C. The first-order valence-electron chi connectivity index (χ1n) is 7.71. The van der Waals surface area contributed by atoms with Crippen molar-refractivity contribution in [3.8, 4) is 5.75 Å². The van der Waals surface area contributed by atoms with Gasteiger partial charge in [0.15, 0.2) is 5.78 Å². The zero-order chi connectivity index (χ0) is 17.3. The van der Waals surface area contributed by atoms with Crippen LogP contribution in [0.25, 0.3) is 11.0 Å². The zero-order valence-corrected chi connectivity index (χ0v) is 13.9. The Morgan fingerprint density at radius 3 is 2.42 bits per heavy atom. The quantitative estimate of drug-likeness (QED) is 0.541. The summed E-state index contributed by atoms with van der Waals surface area (Å²) in [7, 11) is 1.58. The maximum atomic E-state index is 12.4. The molecule has 1 heterocycles. The van der Waals surface area contributed by atoms with Crippen molar-refractivity contribution in [2.24, 2.45) is 0 Å². The molecule has 0 fully saturated rings. The van der Waals surface area contributed by atoms with Gasteiger partial charge in [0.2, 0.25) is 0 Å². The average Bonchev–Trinajstić information content (AvgIpc) is 2.60. The Bertz CT molecular complexity index is 968. The number of hydrogen-bond donors (Lipinski definition) is 0. The molecule has 3 rings (SSSR count). The van der Waals surface area contributed by atoms with Gasteiger partial charge in [-0.25, -0.2) is 4.79 Å². The van der Waals surface area contributed by atoms with Crippen LogP contribution >= 0.6 is 0 Å². The van der Waals surface area contributed by atoms with Crippen molar-refractivity contribution in [3.05, 3.63) is 75.1 Å². The molecule has 0 N–H and O–H groups in total. The van der Waals surface area contributed by atoms with Crippen molar-refractivity contribution in [1.82, 2.24) is 0 Å². The molecule has 2 aromatic carbocycles. The number of Topliss-reactive ketones (excluding diaryl/α,β-unsaturated/α-hetero) is 1. The van der Waals surface area contributed by atoms with Crippen LogP contribution in [0.5, 0.6) is 5.75 Å². The molecule has 4 nitrogen and oxygen atoms in total. The lowest BCUT2D eigenvalue weighted by Crippen LogP contribution is -2.15. The Morgan fingerprint density at radius 1 is 1.04 bits per heavy atom. The number of aryl methyl sites for hydroxylation is 2. The van der Waals surface area contributed by atoms with Gasteiger partial charge < -0.3 is 9.15 Å². The minimum absolute atomic E-state index is 0.0270. The number of ketones is 1. The second kappa shape index (κ2) is 6.32. The normalized spacial score (nSPS) is 10.8. The lowest BCUT2D eigenvalue weighted by Gasteiger charge is -2.11. The molecule has 122 valence electrons. The van der Waals surface area contributed by atoms with Gasteiger partial charge in [0.25, 0.3) is 0 Å². The molecule has 0 aliphatic carbocycles. The maximum absolute atomic E-state index is 12.4. The predicted octanol–water partition coefficient (Wildman–Crippen LogP) is 3.84. The molecule has 0 aliphatic rings. The molecule has 0 saturated carbocycles. The van der Waals surface area contributed by atoms with Crippen molar-refractivity contribution in [2.45, 2.75) is 20.3 Å². The van der Waals surface area contributed by atoms with Crippen molar-refractivity contribution in [2.75, 3.05) is 7.11 Å². The van der Waals surface area contributed by atoms with Crippen LogP contribution in [0, 0.1) is 13.8 Å². The van der Waals surface area contributed by atoms with Gasteiger partial charge in [0.05, 0.1) is 7.11 Å². The van der Waals surface area contributed by atoms with Crippen LogP contribution in [0.15, 0.2) is 51.7 Å². The van der Waals surface area contributed by atoms with Crippen molar-refractivity contribution >= 4 is 16.8 Å². The van der Waals surface area contributed by atoms with E-state index in [1.54, 1.807) is 31.4 Å². The smallest absolute Gasteiger partial charge is 0.340 e. The molecule has 24 heavy (non-hydrogen) atoms. The van der Waals surface area contributed by atoms with Gasteiger partial charge in [-0.05, 0) is 31.5 Å². The van der Waals surface area contributed by atoms with E-state index in [0.717, 1.165) is 16.5 Å². The fourth-order valence-electron chi connectivity index (χ4n) is 2.88. The summed E-state index contributed by atoms with van der Waals surface area (Å²) in [4.78, 5) is 24.8. The Morgan fingerprint density at radius 2 is 1.75 bits per heavy atom. The second-order valence-corrected chi connectivity index (χ2v) is 5.73. The van der Waals surface area contributed by atoms with Gasteiger partial charge in [-0.2, -0.15) is 0 Å². The van der Waals surface area contributed by atoms with Gasteiger partial charge in [-0.1, -0.05) is 30.3 Å². The van der Waals surface area contributed by atoms with Gasteiger partial charge in [-0.3, -0.25) is 4.79 Å². The number of carbonyl (C=O) groups is 1. The van der Waals surface area contributed by atoms with Crippen LogP contribution in [0.1, 0.15) is 27.0 Å². The van der Waals surface area contributed by atoms with Gasteiger partial charge in [0, 0.05) is 28.5 Å². The second-order valence-electron chi connectivity index (χ2n) is 5.73. The molecule has 0 aliphatic heterocycles. The molecule has 0 spiro atoms. The highest BCUT2D eigenvalue weighted by Crippen LogP contribution is 2.29. The van der Waals surface area contributed by atoms with E-state index in [2.05, 4.69) is 0 Å². The maximum Gasteiger partial charge on any atom is 0.340 e. The van der Waals surface area contributed by atoms with Crippen molar-refractivity contribution in [1.29, 1.82) is 0 Å². The van der Waals surface area contributed by atoms with Crippen LogP contribution in [-0.2, 0) is 6.42 Å². The topological polar surface area (TPSA) is 56.5 Å². The van der Waals surface area contributed by atoms with E-state index in [4.69, 9.17) is 9.15 Å². The molecule has 4 heteroatoms. The molecular formula is C20H18O4. The van der Waals surface area contributed by atoms with Crippen LogP contribution in [0.2, 0.25) is 0 Å². The molecule has 0 saturated heterocycles. The largest absolute Gasteiger partial charge is 0.496 e. The fourth-order valence-corrected chi connectivity index (χ4v) is 2.88. The highest BCUT2D eigenvalue weighted by atomic mass is 16.5. The molecule has 0 bridgehead atoms. The minimum Gasteiger partial charge on any atom is -0.496 e. The molecular weight excluding hydrogens is 304 g/mol. The summed E-state index contributed by atoms with van der Waals surface area (Å²) >= 11 is 0. The van der Waals surface area contributed by atoms with E-state index in [1.165, 1.54) is 0 Å². The first kappa shape index (κ1) is 16.0. The lowest BCUT2D eigenvalue weighted by atomic mass is 9.98. The Labute approximate surface area is 139 Å². The van der Waals surface area contributed by atoms with Gasteiger partial charge in [-0.15, -0.1) is 0 Å². The van der Waals surface area contributed by atoms with E-state index in [9.17, 15) is 9.59 Å². The lowest BCUT2D eigenvalue weighted by molar-refractivity contribution is 0.0991. The first-order valence-corrected chi connectivity index (χ1v) is 7.71. The Hall–Kier alpha value is -2.88.